The molecule has 0 bridgehead atoms. The molecule has 0 amide bonds. The molecule has 0 spiro atoms. The van der Waals surface area contributed by atoms with Crippen molar-refractivity contribution in [3.05, 3.63) is 52.1 Å². The van der Waals surface area contributed by atoms with E-state index in [4.69, 9.17) is 4.98 Å². The normalized spacial score (nSPS) is 12.4. The number of rotatable bonds is 2. The van der Waals surface area contributed by atoms with Gasteiger partial charge in [-0.05, 0) is 0 Å². The van der Waals surface area contributed by atoms with Crippen molar-refractivity contribution in [1.29, 1.82) is 0 Å². The van der Waals surface area contributed by atoms with Crippen LogP contribution in [-0.2, 0) is 6.42 Å². The third-order valence-corrected chi connectivity index (χ3v) is 8.35. The molecule has 1 nitrogen and oxygen atoms in total. The minimum absolute atomic E-state index is 0.292. The van der Waals surface area contributed by atoms with Gasteiger partial charge in [-0.2, -0.15) is 0 Å². The molecule has 0 aliphatic rings. The molecule has 0 radical (unpaired) electrons. The van der Waals surface area contributed by atoms with E-state index in [1.54, 1.807) is 0 Å². The van der Waals surface area contributed by atoms with Gasteiger partial charge in [0.25, 0.3) is 0 Å². The van der Waals surface area contributed by atoms with Gasteiger partial charge in [-0.3, -0.25) is 0 Å². The Morgan fingerprint density at radius 1 is 1.04 bits per heavy atom. The number of nitrogens with zero attached hydrogens (tertiary/aromatic N) is 1. The molecule has 3 heterocycles. The third-order valence-electron chi connectivity index (χ3n) is 4.62. The summed E-state index contributed by atoms with van der Waals surface area (Å²) in [6.07, 6.45) is 3.09. The van der Waals surface area contributed by atoms with Gasteiger partial charge in [0.15, 0.2) is 0 Å². The molecule has 4 rings (SSSR count). The number of thiophene rings is 1. The number of aryl methyl sites for hydroxylation is 2. The quantitative estimate of drug-likeness (QED) is 0.348. The molecule has 128 valence electrons. The maximum absolute atomic E-state index is 4.79. The van der Waals surface area contributed by atoms with Gasteiger partial charge in [0.05, 0.1) is 0 Å². The number of hydrogen-bond acceptors (Lipinski definition) is 2. The molecule has 0 N–H and O–H groups in total. The summed E-state index contributed by atoms with van der Waals surface area (Å²) in [5, 5.41) is 2.75. The molecule has 1 aromatic carbocycles. The molecule has 0 aliphatic carbocycles. The van der Waals surface area contributed by atoms with Crippen LogP contribution in [0, 0.1) is 19.3 Å². The van der Waals surface area contributed by atoms with E-state index in [1.165, 1.54) is 45.9 Å². The van der Waals surface area contributed by atoms with E-state index in [0.29, 0.717) is 19.9 Å². The predicted molar refractivity (Wildman–Crippen MR) is 112 cm³/mol. The summed E-state index contributed by atoms with van der Waals surface area (Å²) in [6.45, 7) is 11.4. The van der Waals surface area contributed by atoms with Gasteiger partial charge < -0.3 is 0 Å². The van der Waals surface area contributed by atoms with E-state index in [2.05, 4.69) is 65.0 Å². The van der Waals surface area contributed by atoms with Crippen LogP contribution in [0.15, 0.2) is 36.5 Å². The van der Waals surface area contributed by atoms with Crippen LogP contribution in [0.1, 0.15) is 36.3 Å². The Balaban J connectivity index is 1.99. The zero-order chi connectivity index (χ0) is 17.8. The zero-order valence-corrected chi connectivity index (χ0v) is 18.0. The summed E-state index contributed by atoms with van der Waals surface area (Å²) in [6, 6.07) is 11.3. The molecular weight excluding hydrogens is 389 g/mol. The number of pyridine rings is 1. The van der Waals surface area contributed by atoms with Crippen molar-refractivity contribution in [2.75, 3.05) is 0 Å². The SMILES string of the molecule is Cc1cc(-c2nccc3c2sc2c(CC(C)(C)C)cccc23)[se]c1C. The Morgan fingerprint density at radius 3 is 2.48 bits per heavy atom. The molecule has 0 unspecified atom stereocenters. The van der Waals surface area contributed by atoms with Gasteiger partial charge in [0, 0.05) is 0 Å². The molecule has 0 fully saturated rings. The van der Waals surface area contributed by atoms with Crippen LogP contribution < -0.4 is 0 Å². The Hall–Kier alpha value is -1.41. The summed E-state index contributed by atoms with van der Waals surface area (Å²) in [5.74, 6) is 0. The van der Waals surface area contributed by atoms with Gasteiger partial charge in [-0.1, -0.05) is 0 Å². The number of benzene rings is 1. The van der Waals surface area contributed by atoms with Crippen LogP contribution in [0.3, 0.4) is 0 Å². The number of fused-ring (bicyclic) bond motifs is 3. The van der Waals surface area contributed by atoms with Gasteiger partial charge in [0.2, 0.25) is 0 Å². The van der Waals surface area contributed by atoms with E-state index >= 15 is 0 Å². The summed E-state index contributed by atoms with van der Waals surface area (Å²) in [5.41, 5.74) is 4.38. The van der Waals surface area contributed by atoms with E-state index in [0.717, 1.165) is 6.42 Å². The van der Waals surface area contributed by atoms with Crippen molar-refractivity contribution >= 4 is 46.0 Å². The predicted octanol–water partition coefficient (Wildman–Crippen LogP) is 6.38. The first-order valence-corrected chi connectivity index (χ1v) is 11.2. The Labute approximate surface area is 159 Å². The molecule has 3 aromatic heterocycles. The van der Waals surface area contributed by atoms with Crippen molar-refractivity contribution < 1.29 is 0 Å². The summed E-state index contributed by atoms with van der Waals surface area (Å²) in [4.78, 5) is 4.79. The van der Waals surface area contributed by atoms with E-state index in [9.17, 15) is 0 Å². The average molecular weight is 412 g/mol. The summed E-state index contributed by atoms with van der Waals surface area (Å²) in [7, 11) is 0. The maximum atomic E-state index is 4.79. The summed E-state index contributed by atoms with van der Waals surface area (Å²) >= 11 is 2.35. The first kappa shape index (κ1) is 17.0. The fourth-order valence-corrected chi connectivity index (χ4v) is 6.99. The van der Waals surface area contributed by atoms with E-state index < -0.39 is 0 Å². The van der Waals surface area contributed by atoms with Crippen molar-refractivity contribution in [1.82, 2.24) is 4.98 Å². The van der Waals surface area contributed by atoms with Crippen LogP contribution in [0.4, 0.5) is 0 Å². The Bertz CT molecular complexity index is 1060. The first-order chi connectivity index (χ1) is 11.8. The second-order valence-electron chi connectivity index (χ2n) is 8.02. The number of hydrogen-bond donors (Lipinski definition) is 0. The fourth-order valence-electron chi connectivity index (χ4n) is 3.36. The van der Waals surface area contributed by atoms with Crippen molar-refractivity contribution in [3.63, 3.8) is 0 Å². The zero-order valence-electron chi connectivity index (χ0n) is 15.4. The van der Waals surface area contributed by atoms with Crippen LogP contribution in [0.2, 0.25) is 0 Å². The Kier molecular flexibility index (Phi) is 4.15. The van der Waals surface area contributed by atoms with Crippen LogP contribution in [0.25, 0.3) is 30.3 Å². The first-order valence-electron chi connectivity index (χ1n) is 8.70. The van der Waals surface area contributed by atoms with Gasteiger partial charge in [-0.15, -0.1) is 0 Å². The van der Waals surface area contributed by atoms with Crippen molar-refractivity contribution in [2.45, 2.75) is 41.0 Å². The number of aromatic nitrogens is 1. The molecule has 0 saturated heterocycles. The molecule has 0 atom stereocenters. The Morgan fingerprint density at radius 2 is 1.80 bits per heavy atom. The molecule has 3 heteroatoms. The van der Waals surface area contributed by atoms with E-state index in [-0.39, 0.29) is 0 Å². The third kappa shape index (κ3) is 3.10. The fraction of sp³-hybridized carbons (Fsp3) is 0.318. The second kappa shape index (κ2) is 6.09. The minimum atomic E-state index is 0.292. The molecule has 0 aliphatic heterocycles. The monoisotopic (exact) mass is 413 g/mol. The second-order valence-corrected chi connectivity index (χ2v) is 11.7. The molecule has 25 heavy (non-hydrogen) atoms. The molecular formula is C22H23NSSe. The van der Waals surface area contributed by atoms with Crippen molar-refractivity contribution in [3.8, 4) is 10.1 Å². The van der Waals surface area contributed by atoms with Gasteiger partial charge in [-0.25, -0.2) is 0 Å². The van der Waals surface area contributed by atoms with Crippen LogP contribution in [-0.4, -0.2) is 19.5 Å². The van der Waals surface area contributed by atoms with Gasteiger partial charge >= 0.3 is 160 Å². The average Bonchev–Trinajstić information content (AvgIpc) is 3.07. The van der Waals surface area contributed by atoms with Crippen LogP contribution in [0.5, 0.6) is 0 Å². The standard InChI is InChI=1S/C22H23NSSe/c1-13-11-18(25-14(13)2)19-21-17(9-10-23-19)16-8-6-7-15(20(16)24-21)12-22(3,4)5/h6-11H,12H2,1-5H3. The topological polar surface area (TPSA) is 12.9 Å². The van der Waals surface area contributed by atoms with Crippen LogP contribution >= 0.6 is 11.3 Å². The van der Waals surface area contributed by atoms with Gasteiger partial charge in [0.1, 0.15) is 0 Å². The van der Waals surface area contributed by atoms with E-state index in [1.807, 2.05) is 17.5 Å². The summed E-state index contributed by atoms with van der Waals surface area (Å²) < 4.78 is 5.75. The molecule has 0 saturated carbocycles. The molecule has 4 aromatic rings. The van der Waals surface area contributed by atoms with Crippen molar-refractivity contribution in [2.24, 2.45) is 5.41 Å².